The predicted molar refractivity (Wildman–Crippen MR) is 116 cm³/mol. The van der Waals surface area contributed by atoms with Crippen LogP contribution in [-0.2, 0) is 6.42 Å². The molecule has 6 nitrogen and oxygen atoms in total. The van der Waals surface area contributed by atoms with Crippen molar-refractivity contribution >= 4 is 68.1 Å². The van der Waals surface area contributed by atoms with Gasteiger partial charge >= 0.3 is 0 Å². The highest BCUT2D eigenvalue weighted by Gasteiger charge is 2.20. The number of nitrogens with one attached hydrogen (secondary N) is 2. The number of anilines is 1. The second-order valence-corrected chi connectivity index (χ2v) is 8.11. The molecule has 0 aliphatic heterocycles. The molecule has 0 radical (unpaired) electrons. The summed E-state index contributed by atoms with van der Waals surface area (Å²) in [7, 11) is 1.57. The molecule has 138 valence electrons. The summed E-state index contributed by atoms with van der Waals surface area (Å²) in [5.74, 6) is -0.185. The summed E-state index contributed by atoms with van der Waals surface area (Å²) in [6.45, 7) is 3.87. The van der Waals surface area contributed by atoms with Gasteiger partial charge < -0.3 is 15.8 Å². The number of carbonyl (C=O) groups is 2. The summed E-state index contributed by atoms with van der Waals surface area (Å²) in [5.41, 5.74) is 7.27. The van der Waals surface area contributed by atoms with Crippen molar-refractivity contribution in [2.24, 2.45) is 5.73 Å². The first-order chi connectivity index (χ1) is 12.3. The molecule has 1 aromatic carbocycles. The van der Waals surface area contributed by atoms with Gasteiger partial charge in [-0.05, 0) is 71.9 Å². The van der Waals surface area contributed by atoms with Crippen LogP contribution in [0.2, 0.25) is 0 Å². The lowest BCUT2D eigenvalue weighted by atomic mass is 10.1. The fraction of sp³-hybridized carbons (Fsp3) is 0.235. The number of amides is 2. The van der Waals surface area contributed by atoms with E-state index >= 15 is 0 Å². The van der Waals surface area contributed by atoms with Gasteiger partial charge in [0.25, 0.3) is 11.8 Å². The highest BCUT2D eigenvalue weighted by atomic mass is 127. The Morgan fingerprint density at radius 1 is 1.38 bits per heavy atom. The highest BCUT2D eigenvalue weighted by Crippen LogP contribution is 2.33. The van der Waals surface area contributed by atoms with Crippen LogP contribution >= 0.6 is 46.1 Å². The number of halogens is 1. The maximum Gasteiger partial charge on any atom is 0.257 e. The normalized spacial score (nSPS) is 10.3. The van der Waals surface area contributed by atoms with E-state index in [1.54, 1.807) is 25.3 Å². The number of benzene rings is 1. The largest absolute Gasteiger partial charge is 0.496 e. The number of methoxy groups -OCH3 is 1. The second kappa shape index (κ2) is 8.78. The molecule has 0 unspecified atom stereocenters. The van der Waals surface area contributed by atoms with E-state index in [-0.39, 0.29) is 11.0 Å². The number of carbonyl (C=O) groups excluding carboxylic acids is 2. The minimum atomic E-state index is -0.521. The van der Waals surface area contributed by atoms with Crippen LogP contribution < -0.4 is 21.1 Å². The minimum absolute atomic E-state index is 0.104. The molecule has 26 heavy (non-hydrogen) atoms. The molecule has 0 aliphatic rings. The van der Waals surface area contributed by atoms with E-state index in [1.165, 1.54) is 11.3 Å². The van der Waals surface area contributed by atoms with Gasteiger partial charge in [-0.2, -0.15) is 0 Å². The zero-order valence-electron chi connectivity index (χ0n) is 14.4. The van der Waals surface area contributed by atoms with E-state index in [1.807, 2.05) is 13.8 Å². The van der Waals surface area contributed by atoms with E-state index in [0.29, 0.717) is 28.3 Å². The first-order valence-corrected chi connectivity index (χ1v) is 9.96. The SMILES string of the molecule is CCc1c(C)sc(NC(=S)NC(=O)c2ccc(OC)c(I)c2)c1C(N)=O. The standard InChI is InChI=1S/C17H18IN3O3S2/c1-4-10-8(2)26-16(13(10)14(19)22)21-17(25)20-15(23)9-5-6-12(24-3)11(18)7-9/h5-7H,4H2,1-3H3,(H2,19,22)(H2,20,21,23,25). The van der Waals surface area contributed by atoms with E-state index in [9.17, 15) is 9.59 Å². The van der Waals surface area contributed by atoms with Crippen molar-refractivity contribution in [2.75, 3.05) is 12.4 Å². The molecule has 9 heteroatoms. The number of nitrogens with two attached hydrogens (primary N) is 1. The van der Waals surface area contributed by atoms with Crippen molar-refractivity contribution in [2.45, 2.75) is 20.3 Å². The lowest BCUT2D eigenvalue weighted by molar-refractivity contribution is 0.0975. The molecule has 0 aliphatic carbocycles. The van der Waals surface area contributed by atoms with Gasteiger partial charge in [0.2, 0.25) is 0 Å². The van der Waals surface area contributed by atoms with Crippen LogP contribution in [0.5, 0.6) is 5.75 Å². The van der Waals surface area contributed by atoms with Crippen LogP contribution in [0.1, 0.15) is 38.1 Å². The summed E-state index contributed by atoms with van der Waals surface area (Å²) in [4.78, 5) is 25.1. The molecule has 1 heterocycles. The fourth-order valence-electron chi connectivity index (χ4n) is 2.47. The number of thiophene rings is 1. The zero-order chi connectivity index (χ0) is 19.4. The van der Waals surface area contributed by atoms with Crippen molar-refractivity contribution in [3.05, 3.63) is 43.3 Å². The first kappa shape index (κ1) is 20.6. The highest BCUT2D eigenvalue weighted by molar-refractivity contribution is 14.1. The molecule has 0 atom stereocenters. The molecule has 2 aromatic rings. The number of hydrogen-bond donors (Lipinski definition) is 3. The third-order valence-corrected chi connectivity index (χ3v) is 5.79. The molecule has 0 saturated heterocycles. The van der Waals surface area contributed by atoms with Gasteiger partial charge in [0.05, 0.1) is 16.2 Å². The van der Waals surface area contributed by atoms with E-state index in [2.05, 4.69) is 33.2 Å². The molecule has 0 bridgehead atoms. The molecule has 2 amide bonds. The van der Waals surface area contributed by atoms with Crippen LogP contribution in [0.25, 0.3) is 0 Å². The number of thiocarbonyl (C=S) groups is 1. The number of rotatable bonds is 5. The van der Waals surface area contributed by atoms with Gasteiger partial charge in [0, 0.05) is 10.4 Å². The number of ether oxygens (including phenoxy) is 1. The van der Waals surface area contributed by atoms with Gasteiger partial charge in [-0.3, -0.25) is 14.9 Å². The topological polar surface area (TPSA) is 93.4 Å². The van der Waals surface area contributed by atoms with E-state index in [4.69, 9.17) is 22.7 Å². The maximum absolute atomic E-state index is 12.4. The monoisotopic (exact) mass is 503 g/mol. The van der Waals surface area contributed by atoms with Crippen LogP contribution in [0.4, 0.5) is 5.00 Å². The Morgan fingerprint density at radius 3 is 2.62 bits per heavy atom. The molecule has 0 saturated carbocycles. The van der Waals surface area contributed by atoms with Gasteiger partial charge in [-0.1, -0.05) is 6.92 Å². The number of aryl methyl sites for hydroxylation is 1. The third-order valence-electron chi connectivity index (χ3n) is 3.68. The van der Waals surface area contributed by atoms with Gasteiger partial charge in [0.15, 0.2) is 5.11 Å². The summed E-state index contributed by atoms with van der Waals surface area (Å²) in [5, 5.41) is 6.18. The number of hydrogen-bond acceptors (Lipinski definition) is 5. The third kappa shape index (κ3) is 4.51. The minimum Gasteiger partial charge on any atom is -0.496 e. The Labute approximate surface area is 174 Å². The Hall–Kier alpha value is -1.72. The molecular weight excluding hydrogens is 485 g/mol. The van der Waals surface area contributed by atoms with Crippen LogP contribution in [0.15, 0.2) is 18.2 Å². The number of primary amides is 1. The van der Waals surface area contributed by atoms with Crippen LogP contribution in [-0.4, -0.2) is 24.0 Å². The van der Waals surface area contributed by atoms with Crippen molar-refractivity contribution in [1.29, 1.82) is 0 Å². The van der Waals surface area contributed by atoms with Crippen LogP contribution in [0.3, 0.4) is 0 Å². The molecule has 2 rings (SSSR count). The fourth-order valence-corrected chi connectivity index (χ4v) is 4.62. The Morgan fingerprint density at radius 2 is 2.08 bits per heavy atom. The zero-order valence-corrected chi connectivity index (χ0v) is 18.2. The quantitative estimate of drug-likeness (QED) is 0.430. The summed E-state index contributed by atoms with van der Waals surface area (Å²) < 4.78 is 5.99. The molecule has 1 aromatic heterocycles. The summed E-state index contributed by atoms with van der Waals surface area (Å²) in [6.07, 6.45) is 0.686. The molecule has 0 fully saturated rings. The van der Waals surface area contributed by atoms with Crippen LogP contribution in [0, 0.1) is 10.5 Å². The Kier molecular flexibility index (Phi) is 6.95. The summed E-state index contributed by atoms with van der Waals surface area (Å²) in [6, 6.07) is 5.07. The molecule has 4 N–H and O–H groups in total. The lowest BCUT2D eigenvalue weighted by Crippen LogP contribution is -2.34. The average molecular weight is 503 g/mol. The van der Waals surface area contributed by atoms with Gasteiger partial charge in [0.1, 0.15) is 10.8 Å². The van der Waals surface area contributed by atoms with Gasteiger partial charge in [-0.15, -0.1) is 11.3 Å². The predicted octanol–water partition coefficient (Wildman–Crippen LogP) is 3.46. The van der Waals surface area contributed by atoms with Crippen molar-refractivity contribution in [1.82, 2.24) is 5.32 Å². The Bertz CT molecular complexity index is 880. The Balaban J connectivity index is 2.15. The van der Waals surface area contributed by atoms with Crippen molar-refractivity contribution < 1.29 is 14.3 Å². The van der Waals surface area contributed by atoms with E-state index < -0.39 is 5.91 Å². The smallest absolute Gasteiger partial charge is 0.257 e. The second-order valence-electron chi connectivity index (χ2n) is 5.32. The maximum atomic E-state index is 12.4. The van der Waals surface area contributed by atoms with Crippen molar-refractivity contribution in [3.63, 3.8) is 0 Å². The first-order valence-electron chi connectivity index (χ1n) is 7.66. The van der Waals surface area contributed by atoms with Gasteiger partial charge in [-0.25, -0.2) is 0 Å². The summed E-state index contributed by atoms with van der Waals surface area (Å²) >= 11 is 8.69. The van der Waals surface area contributed by atoms with E-state index in [0.717, 1.165) is 14.0 Å². The van der Waals surface area contributed by atoms with Crippen molar-refractivity contribution in [3.8, 4) is 5.75 Å². The average Bonchev–Trinajstić information content (AvgIpc) is 2.89. The molecule has 0 spiro atoms. The lowest BCUT2D eigenvalue weighted by Gasteiger charge is -2.10. The molecular formula is C17H18IN3O3S2.